The molecule has 0 rings (SSSR count). The Morgan fingerprint density at radius 2 is 0.584 bits per heavy atom. The molecule has 0 aliphatic heterocycles. The largest absolute Gasteiger partial charge is 0.472 e. The molecule has 0 aliphatic rings. The van der Waals surface area contributed by atoms with Crippen LogP contribution in [0.1, 0.15) is 258 Å². The number of hydrogen-bond donors (Lipinski definition) is 2. The first-order chi connectivity index (χ1) is 43.8. The second kappa shape index (κ2) is 71.9. The van der Waals surface area contributed by atoms with E-state index in [4.69, 9.17) is 24.3 Å². The average Bonchev–Trinajstić information content (AvgIpc) is 3.58. The maximum Gasteiger partial charge on any atom is 0.472 e. The van der Waals surface area contributed by atoms with Crippen LogP contribution in [0.25, 0.3) is 0 Å². The number of carbonyl (C=O) groups excluding carboxylic acids is 2. The third-order valence-electron chi connectivity index (χ3n) is 14.0. The number of phosphoric ester groups is 1. The van der Waals surface area contributed by atoms with Crippen molar-refractivity contribution in [1.82, 2.24) is 0 Å². The van der Waals surface area contributed by atoms with Crippen LogP contribution in [0, 0.1) is 0 Å². The second-order valence-corrected chi connectivity index (χ2v) is 23.7. The fourth-order valence-corrected chi connectivity index (χ4v) is 9.67. The summed E-state index contributed by atoms with van der Waals surface area (Å²) >= 11 is 0. The van der Waals surface area contributed by atoms with Gasteiger partial charge in [-0.3, -0.25) is 18.6 Å². The molecule has 0 bridgehead atoms. The minimum absolute atomic E-state index is 0.0418. The summed E-state index contributed by atoms with van der Waals surface area (Å²) in [6.07, 6.45) is 109. The maximum atomic E-state index is 12.8. The van der Waals surface area contributed by atoms with Crippen molar-refractivity contribution < 1.29 is 37.6 Å². The highest BCUT2D eigenvalue weighted by Gasteiger charge is 2.26. The smallest absolute Gasteiger partial charge is 0.462 e. The molecule has 2 unspecified atom stereocenters. The minimum Gasteiger partial charge on any atom is -0.462 e. The topological polar surface area (TPSA) is 134 Å². The Hall–Kier alpha value is -5.15. The summed E-state index contributed by atoms with van der Waals surface area (Å²) in [5.41, 5.74) is 5.40. The molecular formula is C79H126NO8P. The van der Waals surface area contributed by atoms with Gasteiger partial charge in [0.15, 0.2) is 6.10 Å². The van der Waals surface area contributed by atoms with Crippen LogP contribution in [0.15, 0.2) is 194 Å². The quantitative estimate of drug-likeness (QED) is 0.0264. The zero-order chi connectivity index (χ0) is 64.4. The van der Waals surface area contributed by atoms with Gasteiger partial charge in [-0.05, 0) is 141 Å². The monoisotopic (exact) mass is 1250 g/mol. The number of rotatable bonds is 63. The molecule has 0 saturated heterocycles. The van der Waals surface area contributed by atoms with Gasteiger partial charge < -0.3 is 20.1 Å². The molecule has 0 amide bonds. The van der Waals surface area contributed by atoms with Gasteiger partial charge >= 0.3 is 19.8 Å². The van der Waals surface area contributed by atoms with E-state index in [0.29, 0.717) is 12.8 Å². The molecule has 0 spiro atoms. The van der Waals surface area contributed by atoms with Gasteiger partial charge in [0.05, 0.1) is 13.2 Å². The SMILES string of the molecule is CC/C=C\C/C=C\C/C=C\C/C=C\C/C=C\C/C=C\C/C=C\C/C=C\C/C=C\C/C=C\CCCCCCCCCCCCC(=O)OC(COC(=O)CCCCCCCCCC/C=C\C/C=C\C/C=C\C/C=C\C/C=C\C/C=C\CC)COP(=O)(O)OCCN. The zero-order valence-electron chi connectivity index (χ0n) is 56.1. The molecule has 0 heterocycles. The standard InChI is InChI=1S/C79H126NO8P/c1-3-5-7-9-11-13-15-17-19-21-23-25-27-29-31-32-33-34-35-36-37-38-39-40-41-42-43-44-46-48-50-52-54-56-58-60-62-64-66-68-70-72-79(82)88-77(76-87-89(83,84)86-74-73-80)75-85-78(81)71-69-67-65-63-61-59-57-55-53-51-49-47-45-30-28-26-24-22-20-18-16-14-12-10-8-6-4-2/h5-8,11-14,17-20,23-26,29-31,33-34,36-37,39-40,42-43,45-46,48-49,51,77H,3-4,9-10,15-16,21-22,27-28,32,35,38,41,44,47,50,52-76,80H2,1-2H3,(H,83,84)/b7-5-,8-6-,13-11-,14-12-,19-17-,20-18-,25-23-,26-24-,31-29-,34-33-,37-36-,40-39-,43-42-,45-30-,48-46-,51-49-. The molecule has 3 N–H and O–H groups in total. The molecule has 0 aromatic rings. The van der Waals surface area contributed by atoms with Gasteiger partial charge in [0.2, 0.25) is 0 Å². The summed E-state index contributed by atoms with van der Waals surface area (Å²) in [6, 6.07) is 0. The van der Waals surface area contributed by atoms with Crippen LogP contribution in [-0.4, -0.2) is 49.3 Å². The Balaban J connectivity index is 3.99. The van der Waals surface area contributed by atoms with Crippen LogP contribution in [-0.2, 0) is 32.7 Å². The third kappa shape index (κ3) is 71.8. The summed E-state index contributed by atoms with van der Waals surface area (Å²) in [5.74, 6) is -0.853. The Labute approximate surface area is 545 Å². The van der Waals surface area contributed by atoms with E-state index in [0.717, 1.165) is 154 Å². The lowest BCUT2D eigenvalue weighted by Crippen LogP contribution is -2.29. The van der Waals surface area contributed by atoms with E-state index in [-0.39, 0.29) is 32.6 Å². The van der Waals surface area contributed by atoms with Gasteiger partial charge in [-0.1, -0.05) is 298 Å². The molecule has 0 radical (unpaired) electrons. The number of ether oxygens (including phenoxy) is 2. The van der Waals surface area contributed by atoms with Crippen LogP contribution in [0.2, 0.25) is 0 Å². The highest BCUT2D eigenvalue weighted by Crippen LogP contribution is 2.43. The predicted molar refractivity (Wildman–Crippen MR) is 385 cm³/mol. The summed E-state index contributed by atoms with van der Waals surface area (Å²) in [6.45, 7) is 3.49. The Bertz CT molecular complexity index is 2160. The first-order valence-electron chi connectivity index (χ1n) is 34.9. The van der Waals surface area contributed by atoms with Gasteiger partial charge in [-0.15, -0.1) is 0 Å². The number of carbonyl (C=O) groups is 2. The predicted octanol–water partition coefficient (Wildman–Crippen LogP) is 23.3. The molecule has 9 nitrogen and oxygen atoms in total. The van der Waals surface area contributed by atoms with Gasteiger partial charge in [0.25, 0.3) is 0 Å². The lowest BCUT2D eigenvalue weighted by atomic mass is 10.0. The lowest BCUT2D eigenvalue weighted by molar-refractivity contribution is -0.161. The van der Waals surface area contributed by atoms with Crippen molar-refractivity contribution in [3.05, 3.63) is 194 Å². The number of allylic oxidation sites excluding steroid dienone is 32. The molecule has 500 valence electrons. The number of hydrogen-bond acceptors (Lipinski definition) is 8. The van der Waals surface area contributed by atoms with Crippen molar-refractivity contribution in [2.75, 3.05) is 26.4 Å². The van der Waals surface area contributed by atoms with Crippen LogP contribution < -0.4 is 5.73 Å². The third-order valence-corrected chi connectivity index (χ3v) is 15.0. The van der Waals surface area contributed by atoms with Gasteiger partial charge in [-0.25, -0.2) is 4.57 Å². The fourth-order valence-electron chi connectivity index (χ4n) is 8.90. The van der Waals surface area contributed by atoms with Crippen LogP contribution in [0.5, 0.6) is 0 Å². The van der Waals surface area contributed by atoms with E-state index in [1.54, 1.807) is 0 Å². The van der Waals surface area contributed by atoms with Gasteiger partial charge in [0.1, 0.15) is 6.61 Å². The van der Waals surface area contributed by atoms with Crippen molar-refractivity contribution in [3.8, 4) is 0 Å². The van der Waals surface area contributed by atoms with Crippen molar-refractivity contribution in [2.45, 2.75) is 264 Å². The molecule has 0 aromatic carbocycles. The molecule has 0 fully saturated rings. The van der Waals surface area contributed by atoms with Crippen molar-refractivity contribution in [2.24, 2.45) is 5.73 Å². The number of nitrogens with two attached hydrogens (primary N) is 1. The summed E-state index contributed by atoms with van der Waals surface area (Å²) in [4.78, 5) is 35.4. The normalized spacial score (nSPS) is 14.2. The van der Waals surface area contributed by atoms with E-state index >= 15 is 0 Å². The van der Waals surface area contributed by atoms with Gasteiger partial charge in [-0.2, -0.15) is 0 Å². The Morgan fingerprint density at radius 1 is 0.337 bits per heavy atom. The fraction of sp³-hybridized carbons (Fsp3) is 0.570. The maximum absolute atomic E-state index is 12.8. The molecule has 0 aliphatic carbocycles. The molecule has 0 saturated carbocycles. The summed E-state index contributed by atoms with van der Waals surface area (Å²) in [7, 11) is -4.41. The molecule has 89 heavy (non-hydrogen) atoms. The second-order valence-electron chi connectivity index (χ2n) is 22.3. The zero-order valence-corrected chi connectivity index (χ0v) is 57.0. The first-order valence-corrected chi connectivity index (χ1v) is 36.4. The van der Waals surface area contributed by atoms with E-state index in [2.05, 4.69) is 208 Å². The summed E-state index contributed by atoms with van der Waals surface area (Å²) in [5, 5.41) is 0. The van der Waals surface area contributed by atoms with E-state index in [1.807, 2.05) is 0 Å². The minimum atomic E-state index is -4.41. The average molecular weight is 1250 g/mol. The van der Waals surface area contributed by atoms with Crippen molar-refractivity contribution in [1.29, 1.82) is 0 Å². The van der Waals surface area contributed by atoms with E-state index in [9.17, 15) is 19.0 Å². The number of unbranched alkanes of at least 4 members (excludes halogenated alkanes) is 18. The molecule has 10 heteroatoms. The first kappa shape index (κ1) is 83.8. The molecule has 0 aromatic heterocycles. The van der Waals surface area contributed by atoms with Crippen LogP contribution >= 0.6 is 7.82 Å². The highest BCUT2D eigenvalue weighted by molar-refractivity contribution is 7.47. The number of esters is 2. The molecule has 2 atom stereocenters. The molecular weight excluding hydrogens is 1120 g/mol. The van der Waals surface area contributed by atoms with E-state index < -0.39 is 32.5 Å². The van der Waals surface area contributed by atoms with Crippen LogP contribution in [0.3, 0.4) is 0 Å². The lowest BCUT2D eigenvalue weighted by Gasteiger charge is -2.19. The van der Waals surface area contributed by atoms with Gasteiger partial charge in [0, 0.05) is 19.4 Å². The Morgan fingerprint density at radius 3 is 0.865 bits per heavy atom. The van der Waals surface area contributed by atoms with E-state index in [1.165, 1.54) is 64.2 Å². The highest BCUT2D eigenvalue weighted by atomic mass is 31.2. The Kier molecular flexibility index (Phi) is 67.8. The van der Waals surface area contributed by atoms with Crippen molar-refractivity contribution in [3.63, 3.8) is 0 Å². The summed E-state index contributed by atoms with van der Waals surface area (Å²) < 4.78 is 33.2. The van der Waals surface area contributed by atoms with Crippen LogP contribution in [0.4, 0.5) is 0 Å². The van der Waals surface area contributed by atoms with Crippen molar-refractivity contribution >= 4 is 19.8 Å². The number of phosphoric acid groups is 1.